The third-order valence-corrected chi connectivity index (χ3v) is 4.68. The van der Waals surface area contributed by atoms with Gasteiger partial charge in [-0.3, -0.25) is 14.4 Å². The second-order valence-electron chi connectivity index (χ2n) is 6.51. The third-order valence-electron chi connectivity index (χ3n) is 4.68. The Morgan fingerprint density at radius 3 is 2.64 bits per heavy atom. The lowest BCUT2D eigenvalue weighted by atomic mass is 10.2. The van der Waals surface area contributed by atoms with Crippen LogP contribution in [0.25, 0.3) is 10.9 Å². The van der Waals surface area contributed by atoms with Crippen LogP contribution in [0.15, 0.2) is 35.5 Å². The summed E-state index contributed by atoms with van der Waals surface area (Å²) in [7, 11) is 3.61. The van der Waals surface area contributed by atoms with E-state index >= 15 is 0 Å². The Labute approximate surface area is 145 Å². The van der Waals surface area contributed by atoms with Gasteiger partial charge in [-0.1, -0.05) is 5.21 Å². The van der Waals surface area contributed by atoms with E-state index in [2.05, 4.69) is 25.1 Å². The van der Waals surface area contributed by atoms with Crippen LogP contribution in [0, 0.1) is 0 Å². The first-order valence-corrected chi connectivity index (χ1v) is 8.38. The molecule has 0 amide bonds. The highest BCUT2D eigenvalue weighted by Crippen LogP contribution is 2.20. The maximum atomic E-state index is 12.1. The van der Waals surface area contributed by atoms with E-state index in [1.807, 2.05) is 31.4 Å². The zero-order chi connectivity index (χ0) is 17.4. The second kappa shape index (κ2) is 6.29. The molecule has 1 saturated heterocycles. The van der Waals surface area contributed by atoms with Crippen molar-refractivity contribution in [1.29, 1.82) is 0 Å². The Morgan fingerprint density at radius 2 is 1.92 bits per heavy atom. The number of nitrogens with zero attached hydrogens (tertiary/aromatic N) is 7. The first-order valence-electron chi connectivity index (χ1n) is 8.38. The summed E-state index contributed by atoms with van der Waals surface area (Å²) in [6, 6.07) is 5.91. The lowest BCUT2D eigenvalue weighted by Crippen LogP contribution is -2.46. The molecule has 0 N–H and O–H groups in total. The van der Waals surface area contributed by atoms with Crippen LogP contribution in [0.3, 0.4) is 0 Å². The Balaban J connectivity index is 1.46. The van der Waals surface area contributed by atoms with Crippen molar-refractivity contribution in [3.8, 4) is 0 Å². The first-order chi connectivity index (χ1) is 12.1. The molecule has 0 spiro atoms. The average Bonchev–Trinajstić information content (AvgIpc) is 3.03. The van der Waals surface area contributed by atoms with Crippen LogP contribution < -0.4 is 10.5 Å². The predicted octanol–water partition coefficient (Wildman–Crippen LogP) is 0.384. The molecule has 2 aromatic heterocycles. The maximum absolute atomic E-state index is 12.1. The topological polar surface area (TPSA) is 72.1 Å². The van der Waals surface area contributed by atoms with Crippen LogP contribution in [-0.2, 0) is 20.6 Å². The third kappa shape index (κ3) is 3.12. The fraction of sp³-hybridized carbons (Fsp3) is 0.412. The summed E-state index contributed by atoms with van der Waals surface area (Å²) in [5, 5.41) is 8.80. The summed E-state index contributed by atoms with van der Waals surface area (Å²) >= 11 is 0. The van der Waals surface area contributed by atoms with Crippen molar-refractivity contribution in [2.45, 2.75) is 6.54 Å². The quantitative estimate of drug-likeness (QED) is 0.687. The highest BCUT2D eigenvalue weighted by molar-refractivity contribution is 5.81. The molecule has 0 bridgehead atoms. The molecule has 1 aromatic carbocycles. The molecule has 1 aliphatic heterocycles. The number of hydrogen-bond donors (Lipinski definition) is 0. The van der Waals surface area contributed by atoms with Gasteiger partial charge in [-0.2, -0.15) is 0 Å². The molecule has 0 atom stereocenters. The van der Waals surface area contributed by atoms with Gasteiger partial charge in [0.2, 0.25) is 0 Å². The molecule has 4 rings (SSSR count). The molecule has 130 valence electrons. The largest absolute Gasteiger partial charge is 0.369 e. The lowest BCUT2D eigenvalue weighted by Gasteiger charge is -2.35. The normalized spacial score (nSPS) is 15.8. The zero-order valence-corrected chi connectivity index (χ0v) is 14.5. The number of fused-ring (bicyclic) bond motifs is 1. The lowest BCUT2D eigenvalue weighted by molar-refractivity contribution is 0.247. The van der Waals surface area contributed by atoms with E-state index in [1.165, 1.54) is 4.57 Å². The van der Waals surface area contributed by atoms with Crippen molar-refractivity contribution in [3.05, 3.63) is 46.8 Å². The van der Waals surface area contributed by atoms with Crippen molar-refractivity contribution >= 4 is 16.6 Å². The van der Waals surface area contributed by atoms with Gasteiger partial charge < -0.3 is 9.47 Å². The minimum atomic E-state index is -0.00894. The summed E-state index contributed by atoms with van der Waals surface area (Å²) in [5.74, 6) is 0. The van der Waals surface area contributed by atoms with E-state index in [0.29, 0.717) is 5.39 Å². The van der Waals surface area contributed by atoms with E-state index in [0.717, 1.165) is 49.6 Å². The SMILES string of the molecule is Cn1cc(CN2CCN(c3ccc4c(=O)n(C)cnc4c3)CC2)nn1. The van der Waals surface area contributed by atoms with Crippen molar-refractivity contribution < 1.29 is 0 Å². The summed E-state index contributed by atoms with van der Waals surface area (Å²) in [5.41, 5.74) is 2.86. The van der Waals surface area contributed by atoms with E-state index in [1.54, 1.807) is 18.1 Å². The number of hydrogen-bond acceptors (Lipinski definition) is 6. The fourth-order valence-corrected chi connectivity index (χ4v) is 3.26. The van der Waals surface area contributed by atoms with Gasteiger partial charge in [-0.05, 0) is 18.2 Å². The van der Waals surface area contributed by atoms with Gasteiger partial charge in [0.1, 0.15) is 0 Å². The molecule has 25 heavy (non-hydrogen) atoms. The maximum Gasteiger partial charge on any atom is 0.260 e. The zero-order valence-electron chi connectivity index (χ0n) is 14.5. The minimum absolute atomic E-state index is 0.00894. The van der Waals surface area contributed by atoms with Crippen molar-refractivity contribution in [2.75, 3.05) is 31.1 Å². The number of anilines is 1. The number of aromatic nitrogens is 5. The molecule has 3 aromatic rings. The molecule has 0 unspecified atom stereocenters. The molecule has 0 radical (unpaired) electrons. The monoisotopic (exact) mass is 339 g/mol. The van der Waals surface area contributed by atoms with E-state index < -0.39 is 0 Å². The van der Waals surface area contributed by atoms with Crippen LogP contribution in [-0.4, -0.2) is 55.6 Å². The van der Waals surface area contributed by atoms with Gasteiger partial charge in [0.15, 0.2) is 0 Å². The molecular formula is C17H21N7O. The molecule has 8 nitrogen and oxygen atoms in total. The van der Waals surface area contributed by atoms with E-state index in [-0.39, 0.29) is 5.56 Å². The van der Waals surface area contributed by atoms with Crippen LogP contribution in [0.5, 0.6) is 0 Å². The molecule has 0 saturated carbocycles. The molecular weight excluding hydrogens is 318 g/mol. The van der Waals surface area contributed by atoms with Crippen molar-refractivity contribution in [3.63, 3.8) is 0 Å². The van der Waals surface area contributed by atoms with Crippen molar-refractivity contribution in [1.82, 2.24) is 29.4 Å². The molecule has 3 heterocycles. The van der Waals surface area contributed by atoms with Crippen LogP contribution >= 0.6 is 0 Å². The van der Waals surface area contributed by atoms with E-state index in [4.69, 9.17) is 0 Å². The molecule has 8 heteroatoms. The van der Waals surface area contributed by atoms with Crippen LogP contribution in [0.2, 0.25) is 0 Å². The van der Waals surface area contributed by atoms with Gasteiger partial charge in [0, 0.05) is 58.7 Å². The Kier molecular flexibility index (Phi) is 3.96. The van der Waals surface area contributed by atoms with Crippen LogP contribution in [0.1, 0.15) is 5.69 Å². The summed E-state index contributed by atoms with van der Waals surface area (Å²) in [4.78, 5) is 21.2. The minimum Gasteiger partial charge on any atom is -0.369 e. The number of aryl methyl sites for hydroxylation is 2. The fourth-order valence-electron chi connectivity index (χ4n) is 3.26. The molecule has 0 aliphatic carbocycles. The van der Waals surface area contributed by atoms with Gasteiger partial charge in [-0.15, -0.1) is 5.10 Å². The van der Waals surface area contributed by atoms with Gasteiger partial charge >= 0.3 is 0 Å². The standard InChI is InChI=1S/C17H21N7O/c1-21-12-18-16-9-14(3-4-15(16)17(21)25)24-7-5-23(6-8-24)11-13-10-22(2)20-19-13/h3-4,9-10,12H,5-8,11H2,1-2H3. The summed E-state index contributed by atoms with van der Waals surface area (Å²) in [6.07, 6.45) is 3.54. The Hall–Kier alpha value is -2.74. The number of piperazine rings is 1. The molecule has 1 fully saturated rings. The highest BCUT2D eigenvalue weighted by atomic mass is 16.1. The number of benzene rings is 1. The van der Waals surface area contributed by atoms with Gasteiger partial charge in [-0.25, -0.2) is 4.98 Å². The Bertz CT molecular complexity index is 953. The van der Waals surface area contributed by atoms with Gasteiger partial charge in [0.25, 0.3) is 5.56 Å². The summed E-state index contributed by atoms with van der Waals surface area (Å²) < 4.78 is 3.24. The smallest absolute Gasteiger partial charge is 0.260 e. The van der Waals surface area contributed by atoms with E-state index in [9.17, 15) is 4.79 Å². The van der Waals surface area contributed by atoms with Crippen molar-refractivity contribution in [2.24, 2.45) is 14.1 Å². The summed E-state index contributed by atoms with van der Waals surface area (Å²) in [6.45, 7) is 4.65. The second-order valence-corrected chi connectivity index (χ2v) is 6.51. The Morgan fingerprint density at radius 1 is 1.12 bits per heavy atom. The molecule has 1 aliphatic rings. The van der Waals surface area contributed by atoms with Crippen LogP contribution in [0.4, 0.5) is 5.69 Å². The first kappa shape index (κ1) is 15.8. The predicted molar refractivity (Wildman–Crippen MR) is 95.5 cm³/mol. The highest BCUT2D eigenvalue weighted by Gasteiger charge is 2.18. The van der Waals surface area contributed by atoms with Gasteiger partial charge in [0.05, 0.1) is 22.9 Å². The average molecular weight is 339 g/mol. The number of rotatable bonds is 3.